The van der Waals surface area contributed by atoms with Crippen LogP contribution in [0.15, 0.2) is 40.6 Å². The lowest BCUT2D eigenvalue weighted by molar-refractivity contribution is -0.137. The van der Waals surface area contributed by atoms with E-state index in [-0.39, 0.29) is 16.6 Å². The van der Waals surface area contributed by atoms with E-state index in [0.29, 0.717) is 31.5 Å². The van der Waals surface area contributed by atoms with E-state index < -0.39 is 28.5 Å². The number of thiophene rings is 1. The van der Waals surface area contributed by atoms with Gasteiger partial charge in [-0.2, -0.15) is 4.31 Å². The van der Waals surface area contributed by atoms with Gasteiger partial charge in [0.25, 0.3) is 0 Å². The van der Waals surface area contributed by atoms with Gasteiger partial charge in [-0.15, -0.1) is 11.3 Å². The number of Topliss-reactive ketones (excluding diaryl/α,β-unsaturated/α-hetero) is 1. The topological polar surface area (TPSA) is 104 Å². The van der Waals surface area contributed by atoms with Crippen molar-refractivity contribution in [1.29, 1.82) is 0 Å². The van der Waals surface area contributed by atoms with Crippen LogP contribution in [-0.4, -0.2) is 61.4 Å². The van der Waals surface area contributed by atoms with Crippen molar-refractivity contribution in [2.45, 2.75) is 50.6 Å². The van der Waals surface area contributed by atoms with E-state index in [1.54, 1.807) is 16.2 Å². The van der Waals surface area contributed by atoms with Crippen LogP contribution in [0.4, 0.5) is 0 Å². The largest absolute Gasteiger partial charge is 0.343 e. The van der Waals surface area contributed by atoms with Crippen LogP contribution in [0, 0.1) is 0 Å². The minimum Gasteiger partial charge on any atom is -0.343 e. The number of hydrogen-bond donors (Lipinski definition) is 1. The van der Waals surface area contributed by atoms with Crippen molar-refractivity contribution in [1.82, 2.24) is 14.5 Å². The molecule has 2 heterocycles. The standard InChI is InChI=1S/C23H29N3O5S2/c1-4-5-20(23(29)26-12-10-21-18(14-26)11-13-32-21)24-22(28)15-25(3)33(30,31)19-8-6-17(7-9-19)16(2)27/h6-9,11,13,20H,4-5,10,12,14-15H2,1-3H3,(H,24,28). The number of hydrogen-bond acceptors (Lipinski definition) is 6. The number of likely N-dealkylation sites (N-methyl/N-ethyl adjacent to an activating group) is 1. The maximum Gasteiger partial charge on any atom is 0.245 e. The molecule has 0 saturated heterocycles. The van der Waals surface area contributed by atoms with E-state index in [1.165, 1.54) is 43.1 Å². The average molecular weight is 492 g/mol. The Hall–Kier alpha value is -2.56. The lowest BCUT2D eigenvalue weighted by Gasteiger charge is -2.31. The zero-order valence-corrected chi connectivity index (χ0v) is 20.7. The first kappa shape index (κ1) is 25.1. The third-order valence-electron chi connectivity index (χ3n) is 5.67. The van der Waals surface area contributed by atoms with Crippen LogP contribution >= 0.6 is 11.3 Å². The molecular formula is C23H29N3O5S2. The summed E-state index contributed by atoms with van der Waals surface area (Å²) in [4.78, 5) is 40.2. The van der Waals surface area contributed by atoms with E-state index in [0.717, 1.165) is 16.3 Å². The Morgan fingerprint density at radius 2 is 1.88 bits per heavy atom. The first-order valence-electron chi connectivity index (χ1n) is 10.8. The highest BCUT2D eigenvalue weighted by Crippen LogP contribution is 2.24. The number of ketones is 1. The number of rotatable bonds is 9. The summed E-state index contributed by atoms with van der Waals surface area (Å²) >= 11 is 1.69. The molecule has 1 N–H and O–H groups in total. The predicted octanol–water partition coefficient (Wildman–Crippen LogP) is 2.44. The van der Waals surface area contributed by atoms with Crippen molar-refractivity contribution in [2.24, 2.45) is 0 Å². The molecule has 0 spiro atoms. The normalized spacial score (nSPS) is 14.6. The van der Waals surface area contributed by atoms with Gasteiger partial charge in [0.1, 0.15) is 6.04 Å². The van der Waals surface area contributed by atoms with Gasteiger partial charge in [0.05, 0.1) is 11.4 Å². The lowest BCUT2D eigenvalue weighted by atomic mass is 10.1. The van der Waals surface area contributed by atoms with Crippen molar-refractivity contribution in [3.8, 4) is 0 Å². The van der Waals surface area contributed by atoms with Gasteiger partial charge in [0.2, 0.25) is 21.8 Å². The molecule has 3 rings (SSSR count). The van der Waals surface area contributed by atoms with Crippen molar-refractivity contribution in [3.63, 3.8) is 0 Å². The fourth-order valence-electron chi connectivity index (χ4n) is 3.77. The number of fused-ring (bicyclic) bond motifs is 1. The molecule has 33 heavy (non-hydrogen) atoms. The van der Waals surface area contributed by atoms with E-state index >= 15 is 0 Å². The number of sulfonamides is 1. The van der Waals surface area contributed by atoms with Crippen molar-refractivity contribution in [3.05, 3.63) is 51.7 Å². The minimum atomic E-state index is -3.93. The highest BCUT2D eigenvalue weighted by Gasteiger charge is 2.30. The van der Waals surface area contributed by atoms with Gasteiger partial charge in [-0.05, 0) is 48.9 Å². The molecule has 0 aliphatic carbocycles. The monoisotopic (exact) mass is 491 g/mol. The molecule has 8 nitrogen and oxygen atoms in total. The Morgan fingerprint density at radius 1 is 1.18 bits per heavy atom. The van der Waals surface area contributed by atoms with E-state index in [2.05, 4.69) is 5.32 Å². The zero-order chi connectivity index (χ0) is 24.2. The van der Waals surface area contributed by atoms with E-state index in [1.807, 2.05) is 18.4 Å². The van der Waals surface area contributed by atoms with Gasteiger partial charge < -0.3 is 10.2 Å². The minimum absolute atomic E-state index is 0.0103. The molecule has 1 atom stereocenters. The first-order chi connectivity index (χ1) is 15.6. The highest BCUT2D eigenvalue weighted by atomic mass is 32.2. The molecule has 1 aliphatic rings. The Morgan fingerprint density at radius 3 is 2.52 bits per heavy atom. The van der Waals surface area contributed by atoms with Crippen LogP contribution in [0.5, 0.6) is 0 Å². The second-order valence-electron chi connectivity index (χ2n) is 8.13. The number of amides is 2. The van der Waals surface area contributed by atoms with Gasteiger partial charge in [0.15, 0.2) is 5.78 Å². The van der Waals surface area contributed by atoms with Crippen LogP contribution < -0.4 is 5.32 Å². The quantitative estimate of drug-likeness (QED) is 0.543. The molecule has 1 aliphatic heterocycles. The fraction of sp³-hybridized carbons (Fsp3) is 0.435. The molecule has 178 valence electrons. The summed E-state index contributed by atoms with van der Waals surface area (Å²) in [7, 11) is -2.61. The molecule has 1 unspecified atom stereocenters. The molecule has 0 saturated carbocycles. The Kier molecular flexibility index (Phi) is 8.04. The maximum atomic E-state index is 13.1. The number of carbonyl (C=O) groups excluding carboxylic acids is 3. The van der Waals surface area contributed by atoms with Crippen molar-refractivity contribution in [2.75, 3.05) is 20.1 Å². The molecule has 1 aromatic heterocycles. The van der Waals surface area contributed by atoms with Crippen LogP contribution in [0.25, 0.3) is 0 Å². The smallest absolute Gasteiger partial charge is 0.245 e. The molecular weight excluding hydrogens is 462 g/mol. The van der Waals surface area contributed by atoms with Gasteiger partial charge in [-0.25, -0.2) is 8.42 Å². The number of nitrogens with zero attached hydrogens (tertiary/aromatic N) is 2. The highest BCUT2D eigenvalue weighted by molar-refractivity contribution is 7.89. The predicted molar refractivity (Wildman–Crippen MR) is 127 cm³/mol. The van der Waals surface area contributed by atoms with Gasteiger partial charge in [0, 0.05) is 30.6 Å². The summed E-state index contributed by atoms with van der Waals surface area (Å²) in [5.74, 6) is -0.851. The molecule has 0 bridgehead atoms. The summed E-state index contributed by atoms with van der Waals surface area (Å²) in [6, 6.07) is 6.90. The summed E-state index contributed by atoms with van der Waals surface area (Å²) in [6.45, 7) is 4.04. The molecule has 1 aromatic carbocycles. The number of benzene rings is 1. The fourth-order valence-corrected chi connectivity index (χ4v) is 5.79. The van der Waals surface area contributed by atoms with Crippen LogP contribution in [0.1, 0.15) is 47.5 Å². The Balaban J connectivity index is 1.64. The van der Waals surface area contributed by atoms with E-state index in [4.69, 9.17) is 0 Å². The second-order valence-corrected chi connectivity index (χ2v) is 11.2. The van der Waals surface area contributed by atoms with Crippen LogP contribution in [-0.2, 0) is 32.6 Å². The SMILES string of the molecule is CCCC(NC(=O)CN(C)S(=O)(=O)c1ccc(C(C)=O)cc1)C(=O)N1CCc2sccc2C1. The molecule has 10 heteroatoms. The molecule has 0 radical (unpaired) electrons. The van der Waals surface area contributed by atoms with Gasteiger partial charge in [-0.1, -0.05) is 25.5 Å². The first-order valence-corrected chi connectivity index (χ1v) is 13.2. The van der Waals surface area contributed by atoms with Crippen molar-refractivity contribution < 1.29 is 22.8 Å². The maximum absolute atomic E-state index is 13.1. The molecule has 0 fully saturated rings. The Labute approximate surface area is 198 Å². The van der Waals surface area contributed by atoms with Gasteiger partial charge in [-0.3, -0.25) is 14.4 Å². The molecule has 2 aromatic rings. The van der Waals surface area contributed by atoms with Crippen LogP contribution in [0.3, 0.4) is 0 Å². The summed E-state index contributed by atoms with van der Waals surface area (Å²) in [5, 5.41) is 4.75. The second kappa shape index (κ2) is 10.6. The van der Waals surface area contributed by atoms with E-state index in [9.17, 15) is 22.8 Å². The third-order valence-corrected chi connectivity index (χ3v) is 8.51. The summed E-state index contributed by atoms with van der Waals surface area (Å²) < 4.78 is 26.6. The number of nitrogens with one attached hydrogen (secondary N) is 1. The van der Waals surface area contributed by atoms with Gasteiger partial charge >= 0.3 is 0 Å². The average Bonchev–Trinajstić information content (AvgIpc) is 3.26. The lowest BCUT2D eigenvalue weighted by Crippen LogP contribution is -2.51. The zero-order valence-electron chi connectivity index (χ0n) is 19.0. The number of carbonyl (C=O) groups is 3. The summed E-state index contributed by atoms with van der Waals surface area (Å²) in [5.41, 5.74) is 1.55. The third kappa shape index (κ3) is 5.87. The Bertz CT molecular complexity index is 1130. The summed E-state index contributed by atoms with van der Waals surface area (Å²) in [6.07, 6.45) is 1.97. The van der Waals surface area contributed by atoms with Crippen LogP contribution in [0.2, 0.25) is 0 Å². The molecule has 2 amide bonds. The van der Waals surface area contributed by atoms with Crippen molar-refractivity contribution >= 4 is 39.0 Å².